The lowest BCUT2D eigenvalue weighted by atomic mass is 10.1. The molecule has 1 aromatic rings. The maximum absolute atomic E-state index is 11.7. The van der Waals surface area contributed by atoms with Crippen LogP contribution in [0.1, 0.15) is 31.5 Å². The fraction of sp³-hybridized carbons (Fsp3) is 0.500. The summed E-state index contributed by atoms with van der Waals surface area (Å²) in [5.41, 5.74) is 1.03. The summed E-state index contributed by atoms with van der Waals surface area (Å²) in [7, 11) is 1.96. The van der Waals surface area contributed by atoms with Gasteiger partial charge in [-0.1, -0.05) is 6.08 Å². The first-order chi connectivity index (χ1) is 7.27. The Labute approximate surface area is 89.8 Å². The van der Waals surface area contributed by atoms with E-state index in [4.69, 9.17) is 0 Å². The van der Waals surface area contributed by atoms with Crippen molar-refractivity contribution in [2.75, 3.05) is 0 Å². The van der Waals surface area contributed by atoms with Crippen molar-refractivity contribution in [3.63, 3.8) is 0 Å². The molecule has 80 valence electrons. The van der Waals surface area contributed by atoms with Crippen LogP contribution in [0, 0.1) is 0 Å². The van der Waals surface area contributed by atoms with Crippen LogP contribution in [0.3, 0.4) is 0 Å². The van der Waals surface area contributed by atoms with Crippen LogP contribution < -0.4 is 0 Å². The second-order valence-corrected chi connectivity index (χ2v) is 4.00. The molecule has 0 fully saturated rings. The minimum Gasteiger partial charge on any atom is -0.338 e. The summed E-state index contributed by atoms with van der Waals surface area (Å²) < 4.78 is 1.97. The molecule has 15 heavy (non-hydrogen) atoms. The Morgan fingerprint density at radius 1 is 1.60 bits per heavy atom. The number of carbonyl (C=O) groups excluding carboxylic acids is 1. The van der Waals surface area contributed by atoms with Crippen molar-refractivity contribution in [2.45, 2.75) is 32.1 Å². The summed E-state index contributed by atoms with van der Waals surface area (Å²) in [4.78, 5) is 16.0. The maximum atomic E-state index is 11.7. The number of carbonyl (C=O) groups is 1. The normalized spacial score (nSPS) is 15.4. The highest BCUT2D eigenvalue weighted by molar-refractivity contribution is 5.95. The highest BCUT2D eigenvalue weighted by atomic mass is 16.1. The molecule has 1 aromatic heterocycles. The van der Waals surface area contributed by atoms with Crippen LogP contribution >= 0.6 is 0 Å². The molecule has 0 radical (unpaired) electrons. The predicted octanol–water partition coefficient (Wildman–Crippen LogP) is 2.03. The fourth-order valence-electron chi connectivity index (χ4n) is 1.95. The fourth-order valence-corrected chi connectivity index (χ4v) is 1.95. The summed E-state index contributed by atoms with van der Waals surface area (Å²) in [5, 5.41) is 0. The van der Waals surface area contributed by atoms with E-state index in [-0.39, 0.29) is 0 Å². The monoisotopic (exact) mass is 204 g/mol. The largest absolute Gasteiger partial charge is 0.338 e. The smallest absolute Gasteiger partial charge is 0.158 e. The van der Waals surface area contributed by atoms with E-state index in [0.29, 0.717) is 12.2 Å². The lowest BCUT2D eigenvalue weighted by Gasteiger charge is -2.02. The molecule has 0 bridgehead atoms. The third kappa shape index (κ3) is 2.35. The summed E-state index contributed by atoms with van der Waals surface area (Å²) in [6.45, 7) is 0. The molecule has 0 saturated heterocycles. The van der Waals surface area contributed by atoms with Crippen molar-refractivity contribution in [3.8, 4) is 0 Å². The molecule has 3 heteroatoms. The van der Waals surface area contributed by atoms with Crippen LogP contribution in [0.4, 0.5) is 0 Å². The number of aryl methyl sites for hydroxylation is 2. The molecule has 2 rings (SSSR count). The van der Waals surface area contributed by atoms with Gasteiger partial charge < -0.3 is 4.57 Å². The van der Waals surface area contributed by atoms with Gasteiger partial charge in [-0.25, -0.2) is 4.98 Å². The Balaban J connectivity index is 1.88. The molecule has 1 aliphatic rings. The average molecular weight is 204 g/mol. The van der Waals surface area contributed by atoms with Gasteiger partial charge in [0, 0.05) is 32.3 Å². The highest BCUT2D eigenvalue weighted by Gasteiger charge is 2.13. The Morgan fingerprint density at radius 2 is 2.47 bits per heavy atom. The van der Waals surface area contributed by atoms with Crippen LogP contribution in [-0.2, 0) is 18.3 Å². The van der Waals surface area contributed by atoms with Crippen molar-refractivity contribution >= 4 is 5.78 Å². The van der Waals surface area contributed by atoms with E-state index in [9.17, 15) is 4.79 Å². The Hall–Kier alpha value is -1.38. The molecular weight excluding hydrogens is 188 g/mol. The average Bonchev–Trinajstić information content (AvgIpc) is 2.85. The number of nitrogens with zero attached hydrogens (tertiary/aromatic N) is 2. The molecule has 0 saturated carbocycles. The number of aromatic nitrogens is 2. The molecule has 0 amide bonds. The van der Waals surface area contributed by atoms with Gasteiger partial charge >= 0.3 is 0 Å². The van der Waals surface area contributed by atoms with Crippen molar-refractivity contribution < 1.29 is 4.79 Å². The first-order valence-electron chi connectivity index (χ1n) is 5.46. The first-order valence-corrected chi connectivity index (χ1v) is 5.46. The van der Waals surface area contributed by atoms with Gasteiger partial charge in [0.05, 0.1) is 0 Å². The van der Waals surface area contributed by atoms with Crippen LogP contribution in [0.2, 0.25) is 0 Å². The minimum atomic E-state index is 0.301. The Bertz CT molecular complexity index is 390. The van der Waals surface area contributed by atoms with Crippen LogP contribution in [-0.4, -0.2) is 15.3 Å². The van der Waals surface area contributed by atoms with E-state index in [1.807, 2.05) is 17.8 Å². The van der Waals surface area contributed by atoms with E-state index >= 15 is 0 Å². The summed E-state index contributed by atoms with van der Waals surface area (Å²) in [6, 6.07) is 0. The third-order valence-corrected chi connectivity index (χ3v) is 2.90. The molecular formula is C12H16N2O. The number of rotatable bonds is 4. The Kier molecular flexibility index (Phi) is 2.99. The van der Waals surface area contributed by atoms with E-state index in [1.54, 1.807) is 6.20 Å². The van der Waals surface area contributed by atoms with E-state index in [2.05, 4.69) is 11.1 Å². The van der Waals surface area contributed by atoms with Crippen LogP contribution in [0.25, 0.3) is 0 Å². The van der Waals surface area contributed by atoms with E-state index in [0.717, 1.165) is 37.1 Å². The summed E-state index contributed by atoms with van der Waals surface area (Å²) >= 11 is 0. The molecule has 0 aromatic carbocycles. The van der Waals surface area contributed by atoms with E-state index < -0.39 is 0 Å². The van der Waals surface area contributed by atoms with Gasteiger partial charge in [-0.05, 0) is 24.8 Å². The van der Waals surface area contributed by atoms with Crippen molar-refractivity contribution in [2.24, 2.45) is 7.05 Å². The third-order valence-electron chi connectivity index (χ3n) is 2.90. The minimum absolute atomic E-state index is 0.301. The maximum Gasteiger partial charge on any atom is 0.158 e. The molecule has 0 spiro atoms. The molecule has 0 N–H and O–H groups in total. The topological polar surface area (TPSA) is 34.9 Å². The second kappa shape index (κ2) is 4.43. The van der Waals surface area contributed by atoms with Crippen LogP contribution in [0.5, 0.6) is 0 Å². The van der Waals surface area contributed by atoms with Gasteiger partial charge in [-0.15, -0.1) is 0 Å². The number of allylic oxidation sites excluding steroid dienone is 2. The zero-order valence-electron chi connectivity index (χ0n) is 9.07. The van der Waals surface area contributed by atoms with Crippen molar-refractivity contribution in [1.82, 2.24) is 9.55 Å². The van der Waals surface area contributed by atoms with Gasteiger partial charge in [0.2, 0.25) is 0 Å². The molecule has 0 atom stereocenters. The van der Waals surface area contributed by atoms with Gasteiger partial charge in [-0.2, -0.15) is 0 Å². The summed E-state index contributed by atoms with van der Waals surface area (Å²) in [5.74, 6) is 1.29. The predicted molar refractivity (Wildman–Crippen MR) is 58.5 cm³/mol. The van der Waals surface area contributed by atoms with Crippen LogP contribution in [0.15, 0.2) is 24.0 Å². The van der Waals surface area contributed by atoms with Gasteiger partial charge in [0.25, 0.3) is 0 Å². The van der Waals surface area contributed by atoms with Crippen molar-refractivity contribution in [3.05, 3.63) is 29.9 Å². The van der Waals surface area contributed by atoms with E-state index in [1.165, 1.54) is 0 Å². The zero-order chi connectivity index (χ0) is 10.7. The Morgan fingerprint density at radius 3 is 3.07 bits per heavy atom. The first kappa shape index (κ1) is 10.1. The number of imidazole rings is 1. The lowest BCUT2D eigenvalue weighted by Crippen LogP contribution is -2.05. The number of hydrogen-bond donors (Lipinski definition) is 0. The molecule has 1 heterocycles. The SMILES string of the molecule is Cn1ccnc1CCC(=O)C1=CCCC1. The zero-order valence-corrected chi connectivity index (χ0v) is 9.07. The standard InChI is InChI=1S/C12H16N2O/c1-14-9-8-13-12(14)7-6-11(15)10-4-2-3-5-10/h4,8-9H,2-3,5-7H2,1H3. The number of hydrogen-bond acceptors (Lipinski definition) is 2. The van der Waals surface area contributed by atoms with Gasteiger partial charge in [0.15, 0.2) is 5.78 Å². The molecule has 0 unspecified atom stereocenters. The molecule has 1 aliphatic carbocycles. The molecule has 0 aliphatic heterocycles. The van der Waals surface area contributed by atoms with Crippen molar-refractivity contribution in [1.29, 1.82) is 0 Å². The quantitative estimate of drug-likeness (QED) is 0.752. The summed E-state index contributed by atoms with van der Waals surface area (Å²) in [6.07, 6.45) is 10.3. The number of ketones is 1. The van der Waals surface area contributed by atoms with Gasteiger partial charge in [-0.3, -0.25) is 4.79 Å². The highest BCUT2D eigenvalue weighted by Crippen LogP contribution is 2.19. The number of Topliss-reactive ketones (excluding diaryl/α,β-unsaturated/α-hetero) is 1. The second-order valence-electron chi connectivity index (χ2n) is 4.00. The molecule has 3 nitrogen and oxygen atoms in total. The lowest BCUT2D eigenvalue weighted by molar-refractivity contribution is -0.115. The van der Waals surface area contributed by atoms with Gasteiger partial charge in [0.1, 0.15) is 5.82 Å².